The molecule has 4 nitrogen and oxygen atoms in total. The molecule has 30 heavy (non-hydrogen) atoms. The molecule has 2 rings (SSSR count). The Kier molecular flexibility index (Phi) is 10.8. The van der Waals surface area contributed by atoms with E-state index in [1.165, 1.54) is 57.8 Å². The van der Waals surface area contributed by atoms with Gasteiger partial charge in [0.1, 0.15) is 16.4 Å². The van der Waals surface area contributed by atoms with Gasteiger partial charge >= 0.3 is 10.1 Å². The first-order valence-corrected chi connectivity index (χ1v) is 12.7. The molecule has 0 radical (unpaired) electrons. The van der Waals surface area contributed by atoms with Crippen molar-refractivity contribution < 1.29 is 17.3 Å². The van der Waals surface area contributed by atoms with Gasteiger partial charge < -0.3 is 8.92 Å². The number of benzene rings is 2. The Morgan fingerprint density at radius 3 is 1.73 bits per heavy atom. The van der Waals surface area contributed by atoms with Gasteiger partial charge in [-0.3, -0.25) is 0 Å². The molecule has 0 unspecified atom stereocenters. The number of rotatable bonds is 15. The van der Waals surface area contributed by atoms with E-state index in [-0.39, 0.29) is 10.6 Å². The molecule has 0 bridgehead atoms. The molecule has 0 heterocycles. The molecule has 0 spiro atoms. The van der Waals surface area contributed by atoms with E-state index in [4.69, 9.17) is 8.92 Å². The first-order chi connectivity index (χ1) is 14.5. The summed E-state index contributed by atoms with van der Waals surface area (Å²) in [6.07, 6.45) is 12.9. The van der Waals surface area contributed by atoms with Crippen molar-refractivity contribution in [1.29, 1.82) is 0 Å². The first kappa shape index (κ1) is 24.3. The van der Waals surface area contributed by atoms with Crippen molar-refractivity contribution in [3.8, 4) is 11.5 Å². The fourth-order valence-corrected chi connectivity index (χ4v) is 4.18. The summed E-state index contributed by atoms with van der Waals surface area (Å²) in [6, 6.07) is 13.3. The second-order valence-electron chi connectivity index (χ2n) is 7.85. The van der Waals surface area contributed by atoms with Crippen molar-refractivity contribution in [2.45, 2.75) is 83.0 Å². The summed E-state index contributed by atoms with van der Waals surface area (Å²) < 4.78 is 35.6. The zero-order valence-corrected chi connectivity index (χ0v) is 19.3. The van der Waals surface area contributed by atoms with Crippen LogP contribution in [0.5, 0.6) is 11.5 Å². The second-order valence-corrected chi connectivity index (χ2v) is 9.40. The molecule has 0 amide bonds. The van der Waals surface area contributed by atoms with Crippen molar-refractivity contribution in [2.24, 2.45) is 0 Å². The molecule has 166 valence electrons. The highest BCUT2D eigenvalue weighted by atomic mass is 32.2. The van der Waals surface area contributed by atoms with Gasteiger partial charge in [-0.1, -0.05) is 82.4 Å². The van der Waals surface area contributed by atoms with Crippen molar-refractivity contribution >= 4 is 10.1 Å². The average molecular weight is 433 g/mol. The van der Waals surface area contributed by atoms with Gasteiger partial charge in [0.2, 0.25) is 0 Å². The third kappa shape index (κ3) is 9.21. The Balaban J connectivity index is 1.62. The third-order valence-corrected chi connectivity index (χ3v) is 6.37. The number of aryl methyl sites for hydroxylation is 1. The fourth-order valence-electron chi connectivity index (χ4n) is 3.25. The fraction of sp³-hybridized carbons (Fsp3) is 0.520. The molecule has 2 aromatic rings. The maximum Gasteiger partial charge on any atom is 0.339 e. The minimum absolute atomic E-state index is 0.148. The Bertz CT molecular complexity index is 811. The van der Waals surface area contributed by atoms with Crippen LogP contribution in [-0.2, 0) is 10.1 Å². The van der Waals surface area contributed by atoms with Gasteiger partial charge in [0.05, 0.1) is 6.61 Å². The van der Waals surface area contributed by atoms with Crippen LogP contribution in [0.4, 0.5) is 0 Å². The summed E-state index contributed by atoms with van der Waals surface area (Å²) in [7, 11) is -3.82. The van der Waals surface area contributed by atoms with Gasteiger partial charge in [-0.05, 0) is 49.7 Å². The highest BCUT2D eigenvalue weighted by Crippen LogP contribution is 2.22. The van der Waals surface area contributed by atoms with E-state index in [1.54, 1.807) is 48.5 Å². The Morgan fingerprint density at radius 2 is 1.17 bits per heavy atom. The zero-order valence-electron chi connectivity index (χ0n) is 18.4. The average Bonchev–Trinajstić information content (AvgIpc) is 2.73. The maximum atomic E-state index is 12.3. The van der Waals surface area contributed by atoms with Gasteiger partial charge in [-0.15, -0.1) is 0 Å². The molecule has 0 aliphatic carbocycles. The SMILES string of the molecule is CCCCCCCCCCCCOc1ccc(OS(=O)(=O)c2ccc(C)cc2)cc1. The molecule has 0 saturated heterocycles. The van der Waals surface area contributed by atoms with E-state index in [1.807, 2.05) is 6.92 Å². The van der Waals surface area contributed by atoms with E-state index >= 15 is 0 Å². The molecule has 2 aromatic carbocycles. The van der Waals surface area contributed by atoms with Crippen LogP contribution in [0, 0.1) is 6.92 Å². The highest BCUT2D eigenvalue weighted by Gasteiger charge is 2.16. The molecule has 0 fully saturated rings. The lowest BCUT2D eigenvalue weighted by atomic mass is 10.1. The van der Waals surface area contributed by atoms with Crippen LogP contribution in [0.15, 0.2) is 53.4 Å². The Morgan fingerprint density at radius 1 is 0.667 bits per heavy atom. The minimum atomic E-state index is -3.82. The largest absolute Gasteiger partial charge is 0.494 e. The van der Waals surface area contributed by atoms with Gasteiger partial charge in [0.25, 0.3) is 0 Å². The lowest BCUT2D eigenvalue weighted by Crippen LogP contribution is -2.09. The van der Waals surface area contributed by atoms with Crippen LogP contribution >= 0.6 is 0 Å². The molecular formula is C25H36O4S. The standard InChI is InChI=1S/C25H36O4S/c1-3-4-5-6-7-8-9-10-11-12-21-28-23-15-17-24(18-16-23)29-30(26,27)25-19-13-22(2)14-20-25/h13-20H,3-12,21H2,1-2H3. The quantitative estimate of drug-likeness (QED) is 0.223. The van der Waals surface area contributed by atoms with Crippen LogP contribution in [-0.4, -0.2) is 15.0 Å². The molecular weight excluding hydrogens is 396 g/mol. The highest BCUT2D eigenvalue weighted by molar-refractivity contribution is 7.87. The monoisotopic (exact) mass is 432 g/mol. The van der Waals surface area contributed by atoms with Crippen LogP contribution < -0.4 is 8.92 Å². The third-order valence-electron chi connectivity index (χ3n) is 5.11. The smallest absolute Gasteiger partial charge is 0.339 e. The lowest BCUT2D eigenvalue weighted by molar-refractivity contribution is 0.304. The van der Waals surface area contributed by atoms with E-state index in [0.717, 1.165) is 17.7 Å². The van der Waals surface area contributed by atoms with Gasteiger partial charge in [0.15, 0.2) is 0 Å². The molecule has 0 saturated carbocycles. The Labute approximate surface area is 182 Å². The molecule has 0 aliphatic rings. The number of hydrogen-bond acceptors (Lipinski definition) is 4. The predicted octanol–water partition coefficient (Wildman–Crippen LogP) is 7.06. The molecule has 0 atom stereocenters. The van der Waals surface area contributed by atoms with Crippen LogP contribution in [0.1, 0.15) is 76.7 Å². The summed E-state index contributed by atoms with van der Waals surface area (Å²) in [4.78, 5) is 0.148. The van der Waals surface area contributed by atoms with Crippen molar-refractivity contribution in [3.05, 3.63) is 54.1 Å². The van der Waals surface area contributed by atoms with Crippen molar-refractivity contribution in [3.63, 3.8) is 0 Å². The van der Waals surface area contributed by atoms with E-state index in [9.17, 15) is 8.42 Å². The first-order valence-electron chi connectivity index (χ1n) is 11.3. The summed E-state index contributed by atoms with van der Waals surface area (Å²) in [5.74, 6) is 1.01. The normalized spacial score (nSPS) is 11.4. The lowest BCUT2D eigenvalue weighted by Gasteiger charge is -2.09. The summed E-state index contributed by atoms with van der Waals surface area (Å²) in [5, 5.41) is 0. The number of hydrogen-bond donors (Lipinski definition) is 0. The molecule has 0 aliphatic heterocycles. The predicted molar refractivity (Wildman–Crippen MR) is 123 cm³/mol. The van der Waals surface area contributed by atoms with E-state index in [0.29, 0.717) is 6.61 Å². The number of unbranched alkanes of at least 4 members (excludes halogenated alkanes) is 9. The molecule has 5 heteroatoms. The van der Waals surface area contributed by atoms with Crippen LogP contribution in [0.25, 0.3) is 0 Å². The molecule has 0 N–H and O–H groups in total. The van der Waals surface area contributed by atoms with Crippen LogP contribution in [0.2, 0.25) is 0 Å². The van der Waals surface area contributed by atoms with Gasteiger partial charge in [0, 0.05) is 0 Å². The second kappa shape index (κ2) is 13.3. The topological polar surface area (TPSA) is 52.6 Å². The maximum absolute atomic E-state index is 12.3. The van der Waals surface area contributed by atoms with E-state index in [2.05, 4.69) is 6.92 Å². The molecule has 0 aromatic heterocycles. The van der Waals surface area contributed by atoms with Gasteiger partial charge in [-0.25, -0.2) is 0 Å². The van der Waals surface area contributed by atoms with Crippen molar-refractivity contribution in [2.75, 3.05) is 6.61 Å². The van der Waals surface area contributed by atoms with Crippen LogP contribution in [0.3, 0.4) is 0 Å². The summed E-state index contributed by atoms with van der Waals surface area (Å²) >= 11 is 0. The zero-order chi connectivity index (χ0) is 21.7. The summed E-state index contributed by atoms with van der Waals surface area (Å²) in [6.45, 7) is 4.84. The van der Waals surface area contributed by atoms with E-state index < -0.39 is 10.1 Å². The minimum Gasteiger partial charge on any atom is -0.494 e. The van der Waals surface area contributed by atoms with Gasteiger partial charge in [-0.2, -0.15) is 8.42 Å². The number of ether oxygens (including phenoxy) is 1. The Hall–Kier alpha value is -2.01. The summed E-state index contributed by atoms with van der Waals surface area (Å²) in [5.41, 5.74) is 0.998. The van der Waals surface area contributed by atoms with Crippen molar-refractivity contribution in [1.82, 2.24) is 0 Å².